The van der Waals surface area contributed by atoms with E-state index in [4.69, 9.17) is 9.47 Å². The topological polar surface area (TPSA) is 55.8 Å². The lowest BCUT2D eigenvalue weighted by atomic mass is 9.73. The Kier molecular flexibility index (Phi) is 3.47. The van der Waals surface area contributed by atoms with E-state index in [0.717, 1.165) is 13.0 Å². The minimum Gasteiger partial charge on any atom is -0.497 e. The molecule has 3 aliphatic rings. The van der Waals surface area contributed by atoms with Crippen LogP contribution >= 0.6 is 0 Å². The summed E-state index contributed by atoms with van der Waals surface area (Å²) in [6.45, 7) is 3.06. The molecule has 0 amide bonds. The fourth-order valence-electron chi connectivity index (χ4n) is 4.99. The summed E-state index contributed by atoms with van der Waals surface area (Å²) in [5.74, 6) is 0.222. The van der Waals surface area contributed by atoms with E-state index in [9.17, 15) is 4.79 Å². The van der Waals surface area contributed by atoms with Gasteiger partial charge in [0.15, 0.2) is 0 Å². The highest BCUT2D eigenvalue weighted by molar-refractivity contribution is 5.91. The minimum atomic E-state index is -0.265. The summed E-state index contributed by atoms with van der Waals surface area (Å²) in [7, 11) is 1.44. The number of H-pyrrole nitrogens is 1. The Morgan fingerprint density at radius 3 is 3.04 bits per heavy atom. The van der Waals surface area contributed by atoms with Crippen LogP contribution in [0.3, 0.4) is 0 Å². The van der Waals surface area contributed by atoms with E-state index in [1.54, 1.807) is 6.26 Å². The highest BCUT2D eigenvalue weighted by atomic mass is 16.5. The van der Waals surface area contributed by atoms with Crippen molar-refractivity contribution in [2.75, 3.05) is 13.7 Å². The number of ether oxygens (including phenoxy) is 2. The Bertz CT molecular complexity index is 942. The maximum atomic E-state index is 12.3. The molecule has 5 nitrogen and oxygen atoms in total. The van der Waals surface area contributed by atoms with E-state index >= 15 is 0 Å². The number of quaternary nitrogens is 1. The molecule has 3 aliphatic heterocycles. The Hall–Kier alpha value is -2.53. The number of hydrogen-bond donors (Lipinski definition) is 2. The Labute approximate surface area is 152 Å². The number of hydrogen-bond acceptors (Lipinski definition) is 3. The predicted octanol–water partition coefficient (Wildman–Crippen LogP) is 2.19. The molecule has 5 rings (SSSR count). The molecule has 5 heteroatoms. The van der Waals surface area contributed by atoms with Crippen LogP contribution in [0, 0.1) is 11.8 Å². The Morgan fingerprint density at radius 1 is 1.35 bits per heavy atom. The molecule has 4 heterocycles. The summed E-state index contributed by atoms with van der Waals surface area (Å²) >= 11 is 0. The zero-order valence-corrected chi connectivity index (χ0v) is 15.0. The van der Waals surface area contributed by atoms with Crippen LogP contribution in [-0.2, 0) is 14.3 Å². The van der Waals surface area contributed by atoms with Crippen molar-refractivity contribution >= 4 is 22.9 Å². The van der Waals surface area contributed by atoms with Crippen LogP contribution in [0.15, 0.2) is 42.3 Å². The van der Waals surface area contributed by atoms with Crippen LogP contribution in [0.2, 0.25) is 0 Å². The number of benzene rings is 1. The number of esters is 1. The largest absolute Gasteiger partial charge is 0.497 e. The van der Waals surface area contributed by atoms with Crippen molar-refractivity contribution in [3.63, 3.8) is 0 Å². The van der Waals surface area contributed by atoms with Crippen LogP contribution in [0.1, 0.15) is 30.6 Å². The minimum absolute atomic E-state index is 0.111. The number of para-hydroxylation sites is 1. The van der Waals surface area contributed by atoms with Gasteiger partial charge in [-0.3, -0.25) is 0 Å². The fourth-order valence-corrected chi connectivity index (χ4v) is 4.99. The van der Waals surface area contributed by atoms with Gasteiger partial charge in [-0.2, -0.15) is 0 Å². The van der Waals surface area contributed by atoms with Gasteiger partial charge < -0.3 is 19.4 Å². The molecule has 1 aromatic carbocycles. The number of aromatic nitrogens is 1. The van der Waals surface area contributed by atoms with E-state index in [0.29, 0.717) is 17.5 Å². The predicted molar refractivity (Wildman–Crippen MR) is 98.1 cm³/mol. The molecule has 0 spiro atoms. The van der Waals surface area contributed by atoms with Gasteiger partial charge in [0.2, 0.25) is 0 Å². The van der Waals surface area contributed by atoms with Gasteiger partial charge in [-0.15, -0.1) is 0 Å². The van der Waals surface area contributed by atoms with Crippen LogP contribution in [0.25, 0.3) is 17.0 Å². The molecule has 2 unspecified atom stereocenters. The molecule has 1 fully saturated rings. The second-order valence-corrected chi connectivity index (χ2v) is 7.57. The molecule has 0 aliphatic carbocycles. The van der Waals surface area contributed by atoms with Crippen molar-refractivity contribution in [3.8, 4) is 0 Å². The number of nitrogens with one attached hydrogen (secondary N) is 2. The van der Waals surface area contributed by atoms with Crippen LogP contribution in [0.4, 0.5) is 0 Å². The van der Waals surface area contributed by atoms with Crippen molar-refractivity contribution in [3.05, 3.63) is 53.6 Å². The molecule has 1 aromatic heterocycles. The molecule has 134 valence electrons. The van der Waals surface area contributed by atoms with Crippen molar-refractivity contribution in [2.24, 2.45) is 11.8 Å². The van der Waals surface area contributed by atoms with Crippen molar-refractivity contribution in [1.82, 2.24) is 4.98 Å². The second kappa shape index (κ2) is 5.74. The standard InChI is InChI=1S/C21H22N2O3/c1-12-16-10-23-8-7-14-13-5-3-4-6-18(13)22-20(14)19(23)9-15(16)17(11-26-12)21(24)25-2/h3-8,11-12,15-16,19,22H,9-10H2,1-2H3/p+1/t12-,15-,16+,19?/m0/s1. The van der Waals surface area contributed by atoms with Gasteiger partial charge in [-0.1, -0.05) is 18.2 Å². The summed E-state index contributed by atoms with van der Waals surface area (Å²) < 4.78 is 10.8. The summed E-state index contributed by atoms with van der Waals surface area (Å²) in [4.78, 5) is 17.4. The molecular formula is C21H23N2O3+. The zero-order chi connectivity index (χ0) is 17.8. The SMILES string of the molecule is COC(=O)C1=CO[C@@H](C)[C@H]2C[NH+]3C=Cc4c([nH]c5ccccc45)C3C[C@H]12. The normalized spacial score (nSPS) is 32.1. The molecule has 0 saturated carbocycles. The molecule has 0 bridgehead atoms. The monoisotopic (exact) mass is 351 g/mol. The molecule has 0 radical (unpaired) electrons. The quantitative estimate of drug-likeness (QED) is 0.775. The molecule has 26 heavy (non-hydrogen) atoms. The van der Waals surface area contributed by atoms with Gasteiger partial charge in [0.25, 0.3) is 0 Å². The van der Waals surface area contributed by atoms with Gasteiger partial charge in [0.05, 0.1) is 43.3 Å². The lowest BCUT2D eigenvalue weighted by Crippen LogP contribution is -3.10. The summed E-state index contributed by atoms with van der Waals surface area (Å²) in [6.07, 6.45) is 7.18. The molecule has 5 atom stereocenters. The third kappa shape index (κ3) is 2.16. The van der Waals surface area contributed by atoms with Crippen LogP contribution in [-0.4, -0.2) is 30.7 Å². The first-order chi connectivity index (χ1) is 12.7. The maximum Gasteiger partial charge on any atom is 0.337 e. The van der Waals surface area contributed by atoms with E-state index in [1.807, 2.05) is 0 Å². The maximum absolute atomic E-state index is 12.3. The number of rotatable bonds is 1. The first kappa shape index (κ1) is 15.7. The average Bonchev–Trinajstić information content (AvgIpc) is 3.06. The van der Waals surface area contributed by atoms with Gasteiger partial charge >= 0.3 is 5.97 Å². The molecule has 2 N–H and O–H groups in total. The summed E-state index contributed by atoms with van der Waals surface area (Å²) in [5.41, 5.74) is 4.43. The number of carbonyl (C=O) groups excluding carboxylic acids is 1. The molecule has 2 aromatic rings. The number of aromatic amines is 1. The van der Waals surface area contributed by atoms with Crippen molar-refractivity contribution < 1.29 is 19.2 Å². The number of fused-ring (bicyclic) bond motifs is 6. The second-order valence-electron chi connectivity index (χ2n) is 7.57. The molecule has 1 saturated heterocycles. The lowest BCUT2D eigenvalue weighted by molar-refractivity contribution is -0.893. The van der Waals surface area contributed by atoms with Crippen molar-refractivity contribution in [1.29, 1.82) is 0 Å². The lowest BCUT2D eigenvalue weighted by Gasteiger charge is -2.44. The third-order valence-electron chi connectivity index (χ3n) is 6.35. The first-order valence-corrected chi connectivity index (χ1v) is 9.25. The Morgan fingerprint density at radius 2 is 2.19 bits per heavy atom. The van der Waals surface area contributed by atoms with E-state index < -0.39 is 0 Å². The van der Waals surface area contributed by atoms with Gasteiger partial charge in [-0.05, 0) is 13.0 Å². The molecular weight excluding hydrogens is 328 g/mol. The van der Waals surface area contributed by atoms with E-state index in [1.165, 1.54) is 34.2 Å². The fraction of sp³-hybridized carbons (Fsp3) is 0.381. The number of piperidine rings is 1. The van der Waals surface area contributed by atoms with Crippen LogP contribution in [0.5, 0.6) is 0 Å². The smallest absolute Gasteiger partial charge is 0.337 e. The average molecular weight is 351 g/mol. The van der Waals surface area contributed by atoms with Crippen molar-refractivity contribution in [2.45, 2.75) is 25.5 Å². The summed E-state index contributed by atoms with van der Waals surface area (Å²) in [5, 5.41) is 1.27. The van der Waals surface area contributed by atoms with E-state index in [-0.39, 0.29) is 18.0 Å². The van der Waals surface area contributed by atoms with E-state index in [2.05, 4.69) is 48.4 Å². The summed E-state index contributed by atoms with van der Waals surface area (Å²) in [6, 6.07) is 8.76. The number of carbonyl (C=O) groups is 1. The highest BCUT2D eigenvalue weighted by Gasteiger charge is 2.48. The highest BCUT2D eigenvalue weighted by Crippen LogP contribution is 2.41. The van der Waals surface area contributed by atoms with Gasteiger partial charge in [0, 0.05) is 34.9 Å². The van der Waals surface area contributed by atoms with Gasteiger partial charge in [-0.25, -0.2) is 4.79 Å². The third-order valence-corrected chi connectivity index (χ3v) is 6.35. The number of methoxy groups -OCH3 is 1. The first-order valence-electron chi connectivity index (χ1n) is 9.25. The van der Waals surface area contributed by atoms with Crippen LogP contribution < -0.4 is 4.90 Å². The van der Waals surface area contributed by atoms with Gasteiger partial charge in [0.1, 0.15) is 12.1 Å². The zero-order valence-electron chi connectivity index (χ0n) is 15.0. The Balaban J connectivity index is 1.57.